The van der Waals surface area contributed by atoms with Crippen molar-refractivity contribution in [3.63, 3.8) is 0 Å². The number of hydrazine groups is 1. The van der Waals surface area contributed by atoms with Gasteiger partial charge in [0, 0.05) is 17.8 Å². The van der Waals surface area contributed by atoms with Crippen LogP contribution >= 0.6 is 11.3 Å². The molecule has 4 rings (SSSR count). The van der Waals surface area contributed by atoms with Crippen LogP contribution in [0.5, 0.6) is 0 Å². The minimum Gasteiger partial charge on any atom is -0.323 e. The molecule has 0 aromatic carbocycles. The van der Waals surface area contributed by atoms with Crippen molar-refractivity contribution in [1.82, 2.24) is 21.1 Å². The van der Waals surface area contributed by atoms with Gasteiger partial charge in [-0.05, 0) is 55.1 Å². The van der Waals surface area contributed by atoms with E-state index >= 15 is 0 Å². The van der Waals surface area contributed by atoms with Crippen LogP contribution < -0.4 is 16.2 Å². The highest BCUT2D eigenvalue weighted by Gasteiger charge is 2.52. The summed E-state index contributed by atoms with van der Waals surface area (Å²) < 4.78 is 0. The lowest BCUT2D eigenvalue weighted by molar-refractivity contribution is -0.131. The van der Waals surface area contributed by atoms with Gasteiger partial charge in [0.25, 0.3) is 11.8 Å². The fraction of sp³-hybridized carbons (Fsp3) is 0.652. The van der Waals surface area contributed by atoms with Crippen LogP contribution in [0.15, 0.2) is 6.07 Å². The third-order valence-electron chi connectivity index (χ3n) is 7.11. The maximum atomic E-state index is 12.6. The third kappa shape index (κ3) is 4.40. The number of aryl methyl sites for hydroxylation is 1. The average Bonchev–Trinajstić information content (AvgIpc) is 3.43. The van der Waals surface area contributed by atoms with Gasteiger partial charge in [-0.2, -0.15) is 0 Å². The van der Waals surface area contributed by atoms with Crippen molar-refractivity contribution in [3.8, 4) is 0 Å². The van der Waals surface area contributed by atoms with Crippen molar-refractivity contribution in [1.29, 1.82) is 0 Å². The number of rotatable bonds is 4. The molecule has 32 heavy (non-hydrogen) atoms. The van der Waals surface area contributed by atoms with Crippen LogP contribution in [-0.4, -0.2) is 40.7 Å². The molecule has 1 spiro atoms. The summed E-state index contributed by atoms with van der Waals surface area (Å²) in [7, 11) is 0. The minimum atomic E-state index is -0.772. The van der Waals surface area contributed by atoms with E-state index in [4.69, 9.17) is 0 Å². The highest BCUT2D eigenvalue weighted by atomic mass is 32.1. The molecule has 174 valence electrons. The third-order valence-corrected chi connectivity index (χ3v) is 8.35. The number of hydrogen-bond acceptors (Lipinski definition) is 5. The summed E-state index contributed by atoms with van der Waals surface area (Å²) in [5.74, 6) is -0.436. The minimum absolute atomic E-state index is 0.00435. The Morgan fingerprint density at radius 1 is 1.22 bits per heavy atom. The first-order valence-electron chi connectivity index (χ1n) is 11.4. The zero-order valence-corrected chi connectivity index (χ0v) is 19.8. The quantitative estimate of drug-likeness (QED) is 0.474. The van der Waals surface area contributed by atoms with E-state index in [1.807, 2.05) is 6.07 Å². The van der Waals surface area contributed by atoms with Crippen molar-refractivity contribution in [2.24, 2.45) is 11.3 Å². The molecular formula is C23H32N4O4S. The number of nitrogens with one attached hydrogen (secondary N) is 3. The largest absolute Gasteiger partial charge is 0.325 e. The smallest absolute Gasteiger partial charge is 0.323 e. The van der Waals surface area contributed by atoms with Crippen LogP contribution in [0.1, 0.15) is 79.4 Å². The molecule has 1 aromatic rings. The fourth-order valence-electron chi connectivity index (χ4n) is 5.04. The highest BCUT2D eigenvalue weighted by Crippen LogP contribution is 2.40. The molecule has 2 fully saturated rings. The van der Waals surface area contributed by atoms with Crippen molar-refractivity contribution in [2.45, 2.75) is 77.7 Å². The Hall–Kier alpha value is -2.42. The van der Waals surface area contributed by atoms with Gasteiger partial charge in [0.15, 0.2) is 0 Å². The van der Waals surface area contributed by atoms with E-state index in [9.17, 15) is 19.2 Å². The average molecular weight is 461 g/mol. The lowest BCUT2D eigenvalue weighted by Crippen LogP contribution is -2.45. The van der Waals surface area contributed by atoms with E-state index in [-0.39, 0.29) is 30.2 Å². The van der Waals surface area contributed by atoms with E-state index in [1.165, 1.54) is 21.8 Å². The Bertz CT molecular complexity index is 942. The molecule has 8 nitrogen and oxygen atoms in total. The van der Waals surface area contributed by atoms with Crippen molar-refractivity contribution >= 4 is 35.1 Å². The molecule has 2 heterocycles. The molecule has 2 aliphatic carbocycles. The molecule has 3 N–H and O–H groups in total. The first kappa shape index (κ1) is 22.8. The Morgan fingerprint density at radius 3 is 2.62 bits per heavy atom. The number of carbonyl (C=O) groups excluding carboxylic acids is 4. The van der Waals surface area contributed by atoms with Gasteiger partial charge in [0.05, 0.1) is 4.88 Å². The Balaban J connectivity index is 1.26. The molecule has 1 atom stereocenters. The number of imide groups is 1. The van der Waals surface area contributed by atoms with Crippen molar-refractivity contribution in [2.75, 3.05) is 6.54 Å². The predicted octanol–water partition coefficient (Wildman–Crippen LogP) is 2.91. The van der Waals surface area contributed by atoms with Crippen LogP contribution in [0.2, 0.25) is 0 Å². The summed E-state index contributed by atoms with van der Waals surface area (Å²) in [5, 5.41) is 2.80. The van der Waals surface area contributed by atoms with Gasteiger partial charge in [-0.3, -0.25) is 30.1 Å². The van der Waals surface area contributed by atoms with E-state index in [0.717, 1.165) is 37.0 Å². The van der Waals surface area contributed by atoms with E-state index in [1.54, 1.807) is 0 Å². The summed E-state index contributed by atoms with van der Waals surface area (Å²) in [4.78, 5) is 52.5. The summed E-state index contributed by atoms with van der Waals surface area (Å²) in [6.45, 7) is 6.76. The number of hydrogen-bond donors (Lipinski definition) is 3. The Labute approximate surface area is 192 Å². The zero-order valence-electron chi connectivity index (χ0n) is 19.0. The lowest BCUT2D eigenvalue weighted by atomic mass is 9.72. The molecule has 1 aliphatic heterocycles. The number of carbonyl (C=O) groups is 4. The first-order chi connectivity index (χ1) is 15.1. The summed E-state index contributed by atoms with van der Waals surface area (Å²) in [6.07, 6.45) is 6.14. The molecule has 1 unspecified atom stereocenters. The highest BCUT2D eigenvalue weighted by molar-refractivity contribution is 7.14. The Kier molecular flexibility index (Phi) is 6.04. The molecule has 5 amide bonds. The molecular weight excluding hydrogens is 428 g/mol. The maximum absolute atomic E-state index is 12.6. The SMILES string of the molecule is CC(C)(C)C1CCc2sc(C(=O)NNC(=O)CCN3C(=O)NC4(CCCC4)C3=O)cc2C1. The molecule has 1 saturated carbocycles. The van der Waals surface area contributed by atoms with Gasteiger partial charge in [-0.1, -0.05) is 33.6 Å². The van der Waals surface area contributed by atoms with Crippen molar-refractivity contribution in [3.05, 3.63) is 21.4 Å². The Morgan fingerprint density at radius 2 is 1.94 bits per heavy atom. The molecule has 1 saturated heterocycles. The van der Waals surface area contributed by atoms with Gasteiger partial charge in [-0.25, -0.2) is 4.79 Å². The van der Waals surface area contributed by atoms with Gasteiger partial charge >= 0.3 is 6.03 Å². The second kappa shape index (κ2) is 8.50. The van der Waals surface area contributed by atoms with Crippen LogP contribution in [0.4, 0.5) is 4.79 Å². The van der Waals surface area contributed by atoms with Crippen LogP contribution in [0.3, 0.4) is 0 Å². The van der Waals surface area contributed by atoms with Gasteiger partial charge in [0.2, 0.25) is 5.91 Å². The van der Waals surface area contributed by atoms with Gasteiger partial charge in [-0.15, -0.1) is 11.3 Å². The number of fused-ring (bicyclic) bond motifs is 1. The number of amides is 5. The summed E-state index contributed by atoms with van der Waals surface area (Å²) in [5.41, 5.74) is 5.57. The zero-order chi connectivity index (χ0) is 23.1. The van der Waals surface area contributed by atoms with Gasteiger partial charge in [0.1, 0.15) is 5.54 Å². The van der Waals surface area contributed by atoms with Crippen LogP contribution in [-0.2, 0) is 22.4 Å². The predicted molar refractivity (Wildman–Crippen MR) is 121 cm³/mol. The second-order valence-electron chi connectivity index (χ2n) is 10.3. The number of urea groups is 1. The fourth-order valence-corrected chi connectivity index (χ4v) is 6.14. The van der Waals surface area contributed by atoms with Crippen molar-refractivity contribution < 1.29 is 19.2 Å². The van der Waals surface area contributed by atoms with Crippen LogP contribution in [0, 0.1) is 11.3 Å². The topological polar surface area (TPSA) is 108 Å². The number of nitrogens with zero attached hydrogens (tertiary/aromatic N) is 1. The number of thiophene rings is 1. The summed E-state index contributed by atoms with van der Waals surface area (Å²) >= 11 is 1.48. The second-order valence-corrected chi connectivity index (χ2v) is 11.4. The summed E-state index contributed by atoms with van der Waals surface area (Å²) in [6, 6.07) is 1.50. The molecule has 0 radical (unpaired) electrons. The molecule has 0 bridgehead atoms. The monoisotopic (exact) mass is 460 g/mol. The lowest BCUT2D eigenvalue weighted by Gasteiger charge is -2.33. The van der Waals surface area contributed by atoms with E-state index < -0.39 is 17.5 Å². The van der Waals surface area contributed by atoms with E-state index in [0.29, 0.717) is 23.6 Å². The molecule has 9 heteroatoms. The maximum Gasteiger partial charge on any atom is 0.325 e. The first-order valence-corrected chi connectivity index (χ1v) is 12.3. The van der Waals surface area contributed by atoms with Crippen LogP contribution in [0.25, 0.3) is 0 Å². The standard InChI is InChI=1S/C23H32N4O4S/c1-22(2,3)15-6-7-16-14(12-15)13-17(32-16)19(29)26-25-18(28)8-11-27-20(30)23(24-21(27)31)9-4-5-10-23/h13,15H,4-12H2,1-3H3,(H,24,31)(H,25,28)(H,26,29). The molecule has 1 aromatic heterocycles. The van der Waals surface area contributed by atoms with Gasteiger partial charge < -0.3 is 5.32 Å². The van der Waals surface area contributed by atoms with E-state index in [2.05, 4.69) is 36.9 Å². The normalized spacial score (nSPS) is 22.1. The molecule has 3 aliphatic rings.